The van der Waals surface area contributed by atoms with Crippen LogP contribution in [0.1, 0.15) is 33.1 Å². The van der Waals surface area contributed by atoms with Crippen molar-refractivity contribution in [1.82, 2.24) is 0 Å². The molecular weight excluding hydrogens is 184 g/mol. The average Bonchev–Trinajstić information content (AvgIpc) is 2.18. The van der Waals surface area contributed by atoms with E-state index >= 15 is 0 Å². The van der Waals surface area contributed by atoms with Crippen LogP contribution < -0.4 is 0 Å². The molecule has 0 saturated carbocycles. The standard InChI is InChI=1S/C10H18O4/c1-3-8-7-10(12,5-6-14-8)9(11)13-4-2/h8,12H,3-7H2,1-2H3. The van der Waals surface area contributed by atoms with E-state index in [1.165, 1.54) is 0 Å². The number of ether oxygens (including phenoxy) is 2. The first kappa shape index (κ1) is 11.5. The zero-order chi connectivity index (χ0) is 10.6. The predicted molar refractivity (Wildman–Crippen MR) is 50.8 cm³/mol. The highest BCUT2D eigenvalue weighted by molar-refractivity contribution is 5.79. The second-order valence-electron chi connectivity index (χ2n) is 3.61. The summed E-state index contributed by atoms with van der Waals surface area (Å²) in [6.07, 6.45) is 1.46. The lowest BCUT2D eigenvalue weighted by atomic mass is 9.89. The Kier molecular flexibility index (Phi) is 3.89. The molecule has 0 aliphatic carbocycles. The summed E-state index contributed by atoms with van der Waals surface area (Å²) in [7, 11) is 0. The van der Waals surface area contributed by atoms with E-state index in [2.05, 4.69) is 0 Å². The molecule has 4 nitrogen and oxygen atoms in total. The number of esters is 1. The summed E-state index contributed by atoms with van der Waals surface area (Å²) < 4.78 is 10.2. The Morgan fingerprint density at radius 2 is 2.36 bits per heavy atom. The lowest BCUT2D eigenvalue weighted by molar-refractivity contribution is -0.180. The van der Waals surface area contributed by atoms with Crippen molar-refractivity contribution in [1.29, 1.82) is 0 Å². The first-order valence-electron chi connectivity index (χ1n) is 5.13. The van der Waals surface area contributed by atoms with E-state index in [1.807, 2.05) is 6.92 Å². The lowest BCUT2D eigenvalue weighted by Gasteiger charge is -2.34. The molecule has 4 heteroatoms. The molecule has 0 aromatic rings. The Morgan fingerprint density at radius 1 is 1.64 bits per heavy atom. The van der Waals surface area contributed by atoms with E-state index in [1.54, 1.807) is 6.92 Å². The van der Waals surface area contributed by atoms with E-state index in [-0.39, 0.29) is 6.10 Å². The number of aliphatic hydroxyl groups is 1. The van der Waals surface area contributed by atoms with Gasteiger partial charge in [-0.2, -0.15) is 0 Å². The summed E-state index contributed by atoms with van der Waals surface area (Å²) in [5.74, 6) is -0.512. The molecule has 1 aliphatic heterocycles. The van der Waals surface area contributed by atoms with Crippen molar-refractivity contribution in [3.63, 3.8) is 0 Å². The molecule has 1 rings (SSSR count). The molecule has 2 atom stereocenters. The van der Waals surface area contributed by atoms with Crippen LogP contribution in [0.2, 0.25) is 0 Å². The van der Waals surface area contributed by atoms with Gasteiger partial charge in [0, 0.05) is 12.8 Å². The quantitative estimate of drug-likeness (QED) is 0.690. The summed E-state index contributed by atoms with van der Waals surface area (Å²) >= 11 is 0. The Balaban J connectivity index is 2.58. The van der Waals surface area contributed by atoms with Crippen LogP contribution in [0.15, 0.2) is 0 Å². The fraction of sp³-hybridized carbons (Fsp3) is 0.900. The average molecular weight is 202 g/mol. The maximum Gasteiger partial charge on any atom is 0.338 e. The van der Waals surface area contributed by atoms with Crippen LogP contribution in [0.25, 0.3) is 0 Å². The van der Waals surface area contributed by atoms with E-state index in [4.69, 9.17) is 9.47 Å². The number of carbonyl (C=O) groups excluding carboxylic acids is 1. The van der Waals surface area contributed by atoms with Gasteiger partial charge in [-0.05, 0) is 13.3 Å². The Morgan fingerprint density at radius 3 is 2.93 bits per heavy atom. The number of hydrogen-bond donors (Lipinski definition) is 1. The maximum absolute atomic E-state index is 11.5. The van der Waals surface area contributed by atoms with E-state index < -0.39 is 11.6 Å². The molecule has 0 aromatic carbocycles. The molecule has 1 N–H and O–H groups in total. The minimum atomic E-state index is -1.32. The molecule has 0 amide bonds. The van der Waals surface area contributed by atoms with E-state index in [0.29, 0.717) is 26.1 Å². The van der Waals surface area contributed by atoms with Gasteiger partial charge in [0.1, 0.15) is 0 Å². The molecule has 0 bridgehead atoms. The SMILES string of the molecule is CCOC(=O)C1(O)CCOC(CC)C1. The van der Waals surface area contributed by atoms with Gasteiger partial charge in [0.25, 0.3) is 0 Å². The minimum absolute atomic E-state index is 0.0295. The molecule has 82 valence electrons. The fourth-order valence-electron chi connectivity index (χ4n) is 1.65. The zero-order valence-corrected chi connectivity index (χ0v) is 8.78. The molecule has 1 fully saturated rings. The van der Waals surface area contributed by atoms with Crippen molar-refractivity contribution in [2.45, 2.75) is 44.8 Å². The van der Waals surface area contributed by atoms with Gasteiger partial charge in [-0.1, -0.05) is 6.92 Å². The molecule has 1 aliphatic rings. The van der Waals surface area contributed by atoms with E-state index in [0.717, 1.165) is 6.42 Å². The first-order valence-corrected chi connectivity index (χ1v) is 5.13. The third kappa shape index (κ3) is 2.45. The topological polar surface area (TPSA) is 55.8 Å². The van der Waals surface area contributed by atoms with Crippen molar-refractivity contribution in [2.24, 2.45) is 0 Å². The van der Waals surface area contributed by atoms with Crippen LogP contribution in [-0.2, 0) is 14.3 Å². The molecule has 2 unspecified atom stereocenters. The second-order valence-corrected chi connectivity index (χ2v) is 3.61. The van der Waals surface area contributed by atoms with Gasteiger partial charge in [-0.15, -0.1) is 0 Å². The molecule has 14 heavy (non-hydrogen) atoms. The van der Waals surface area contributed by atoms with Crippen molar-refractivity contribution in [3.8, 4) is 0 Å². The lowest BCUT2D eigenvalue weighted by Crippen LogP contribution is -2.47. The number of rotatable bonds is 3. The minimum Gasteiger partial charge on any atom is -0.464 e. The number of hydrogen-bond acceptors (Lipinski definition) is 4. The summed E-state index contributed by atoms with van der Waals surface area (Å²) in [5.41, 5.74) is -1.32. The Bertz CT molecular complexity index is 204. The molecule has 0 radical (unpaired) electrons. The smallest absolute Gasteiger partial charge is 0.338 e. The molecule has 0 spiro atoms. The van der Waals surface area contributed by atoms with Gasteiger partial charge in [0.05, 0.1) is 19.3 Å². The van der Waals surface area contributed by atoms with Crippen LogP contribution in [-0.4, -0.2) is 36.0 Å². The highest BCUT2D eigenvalue weighted by atomic mass is 16.6. The van der Waals surface area contributed by atoms with Gasteiger partial charge in [0.2, 0.25) is 0 Å². The van der Waals surface area contributed by atoms with Crippen LogP contribution in [0.5, 0.6) is 0 Å². The van der Waals surface area contributed by atoms with Crippen molar-refractivity contribution < 1.29 is 19.4 Å². The van der Waals surface area contributed by atoms with Gasteiger partial charge < -0.3 is 14.6 Å². The van der Waals surface area contributed by atoms with Crippen LogP contribution in [0.4, 0.5) is 0 Å². The molecular formula is C10H18O4. The predicted octanol–water partition coefficient (Wildman–Crippen LogP) is 0.870. The summed E-state index contributed by atoms with van der Waals surface area (Å²) in [5, 5.41) is 10.0. The number of carbonyl (C=O) groups is 1. The van der Waals surface area contributed by atoms with Gasteiger partial charge in [0.15, 0.2) is 5.60 Å². The summed E-state index contributed by atoms with van der Waals surface area (Å²) in [6, 6.07) is 0. The first-order chi connectivity index (χ1) is 6.62. The molecule has 1 saturated heterocycles. The van der Waals surface area contributed by atoms with Gasteiger partial charge >= 0.3 is 5.97 Å². The normalized spacial score (nSPS) is 32.6. The van der Waals surface area contributed by atoms with Crippen molar-refractivity contribution in [3.05, 3.63) is 0 Å². The van der Waals surface area contributed by atoms with Crippen molar-refractivity contribution in [2.75, 3.05) is 13.2 Å². The Hall–Kier alpha value is -0.610. The van der Waals surface area contributed by atoms with Gasteiger partial charge in [-0.25, -0.2) is 4.79 Å². The highest BCUT2D eigenvalue weighted by Gasteiger charge is 2.42. The second kappa shape index (κ2) is 4.75. The Labute approximate surface area is 84.2 Å². The van der Waals surface area contributed by atoms with Crippen LogP contribution >= 0.6 is 0 Å². The molecule has 1 heterocycles. The monoisotopic (exact) mass is 202 g/mol. The third-order valence-corrected chi connectivity index (χ3v) is 2.55. The fourth-order valence-corrected chi connectivity index (χ4v) is 1.65. The van der Waals surface area contributed by atoms with Crippen molar-refractivity contribution >= 4 is 5.97 Å². The highest BCUT2D eigenvalue weighted by Crippen LogP contribution is 2.27. The molecule has 0 aromatic heterocycles. The van der Waals surface area contributed by atoms with Crippen LogP contribution in [0, 0.1) is 0 Å². The van der Waals surface area contributed by atoms with Crippen LogP contribution in [0.3, 0.4) is 0 Å². The van der Waals surface area contributed by atoms with E-state index in [9.17, 15) is 9.90 Å². The maximum atomic E-state index is 11.5. The largest absolute Gasteiger partial charge is 0.464 e. The summed E-state index contributed by atoms with van der Waals surface area (Å²) in [6.45, 7) is 4.44. The summed E-state index contributed by atoms with van der Waals surface area (Å²) in [4.78, 5) is 11.5. The zero-order valence-electron chi connectivity index (χ0n) is 8.78. The van der Waals surface area contributed by atoms with Gasteiger partial charge in [-0.3, -0.25) is 0 Å². The third-order valence-electron chi connectivity index (χ3n) is 2.55.